The van der Waals surface area contributed by atoms with Gasteiger partial charge >= 0.3 is 0 Å². The second kappa shape index (κ2) is 18.2. The molecule has 3 rings (SSSR count). The van der Waals surface area contributed by atoms with Gasteiger partial charge in [-0.05, 0) is 36.4 Å². The van der Waals surface area contributed by atoms with E-state index in [9.17, 15) is 9.59 Å². The molecule has 2 aromatic rings. The van der Waals surface area contributed by atoms with Crippen molar-refractivity contribution in [3.8, 4) is 23.0 Å². The first kappa shape index (κ1) is 31.3. The Morgan fingerprint density at radius 3 is 1.73 bits per heavy atom. The summed E-state index contributed by atoms with van der Waals surface area (Å²) in [7, 11) is 1.49. The van der Waals surface area contributed by atoms with E-state index in [-0.39, 0.29) is 37.7 Å². The van der Waals surface area contributed by atoms with Gasteiger partial charge in [-0.25, -0.2) is 0 Å². The molecule has 0 radical (unpaired) electrons. The van der Waals surface area contributed by atoms with Crippen LogP contribution in [0.4, 0.5) is 0 Å². The van der Waals surface area contributed by atoms with Crippen molar-refractivity contribution >= 4 is 11.6 Å². The lowest BCUT2D eigenvalue weighted by Crippen LogP contribution is -2.16. The molecule has 0 bridgehead atoms. The molecule has 0 aliphatic carbocycles. The van der Waals surface area contributed by atoms with Gasteiger partial charge in [-0.2, -0.15) is 0 Å². The predicted octanol–water partition coefficient (Wildman–Crippen LogP) is 1.94. The Morgan fingerprint density at radius 2 is 1.15 bits per heavy atom. The Balaban J connectivity index is 1.28. The SMILES string of the molecule is COc1ccc(C(=O)C(=O)c2ccc3c(c2)OCO3)cc1OCCOCCOCCOCCOCCOCCO. The van der Waals surface area contributed by atoms with Crippen LogP contribution >= 0.6 is 0 Å². The molecular weight excluding hydrogens is 528 g/mol. The average molecular weight is 565 g/mol. The van der Waals surface area contributed by atoms with Gasteiger partial charge in [0.25, 0.3) is 0 Å². The van der Waals surface area contributed by atoms with Crippen LogP contribution in [-0.4, -0.2) is 110 Å². The number of aliphatic hydroxyl groups is 1. The van der Waals surface area contributed by atoms with Crippen LogP contribution in [0.25, 0.3) is 0 Å². The molecule has 0 atom stereocenters. The highest BCUT2D eigenvalue weighted by atomic mass is 16.7. The molecule has 0 spiro atoms. The first-order valence-corrected chi connectivity index (χ1v) is 12.9. The fourth-order valence-electron chi connectivity index (χ4n) is 3.49. The van der Waals surface area contributed by atoms with Crippen LogP contribution in [0.5, 0.6) is 23.0 Å². The van der Waals surface area contributed by atoms with Gasteiger partial charge in [0.1, 0.15) is 6.61 Å². The number of hydrogen-bond acceptors (Lipinski definition) is 12. The lowest BCUT2D eigenvalue weighted by atomic mass is 10.0. The minimum absolute atomic E-state index is 0.00434. The van der Waals surface area contributed by atoms with E-state index in [2.05, 4.69) is 0 Å². The number of ketones is 2. The van der Waals surface area contributed by atoms with Crippen molar-refractivity contribution in [3.63, 3.8) is 0 Å². The van der Waals surface area contributed by atoms with Crippen molar-refractivity contribution in [1.29, 1.82) is 0 Å². The monoisotopic (exact) mass is 564 g/mol. The Morgan fingerprint density at radius 1 is 0.650 bits per heavy atom. The molecule has 40 heavy (non-hydrogen) atoms. The molecule has 0 amide bonds. The van der Waals surface area contributed by atoms with E-state index in [0.717, 1.165) is 0 Å². The quantitative estimate of drug-likeness (QED) is 0.127. The van der Waals surface area contributed by atoms with E-state index in [0.29, 0.717) is 82.5 Å². The molecule has 0 fully saturated rings. The average Bonchev–Trinajstić information content (AvgIpc) is 3.46. The number of aliphatic hydroxyl groups excluding tert-OH is 1. The van der Waals surface area contributed by atoms with Crippen LogP contribution < -0.4 is 18.9 Å². The van der Waals surface area contributed by atoms with E-state index >= 15 is 0 Å². The van der Waals surface area contributed by atoms with Crippen molar-refractivity contribution in [1.82, 2.24) is 0 Å². The van der Waals surface area contributed by atoms with Crippen LogP contribution in [0.3, 0.4) is 0 Å². The van der Waals surface area contributed by atoms with Gasteiger partial charge in [-0.3, -0.25) is 9.59 Å². The zero-order valence-electron chi connectivity index (χ0n) is 22.6. The summed E-state index contributed by atoms with van der Waals surface area (Å²) in [5.41, 5.74) is 0.383. The largest absolute Gasteiger partial charge is 0.493 e. The predicted molar refractivity (Wildman–Crippen MR) is 141 cm³/mol. The van der Waals surface area contributed by atoms with Crippen molar-refractivity contribution in [2.75, 3.05) is 93.2 Å². The smallest absolute Gasteiger partial charge is 0.233 e. The lowest BCUT2D eigenvalue weighted by Gasteiger charge is -2.12. The zero-order valence-corrected chi connectivity index (χ0v) is 22.6. The summed E-state index contributed by atoms with van der Waals surface area (Å²) in [4.78, 5) is 25.6. The molecule has 1 aliphatic rings. The lowest BCUT2D eigenvalue weighted by molar-refractivity contribution is -0.0147. The third-order valence-electron chi connectivity index (χ3n) is 5.48. The van der Waals surface area contributed by atoms with Gasteiger partial charge < -0.3 is 47.7 Å². The fraction of sp³-hybridized carbons (Fsp3) is 0.500. The highest BCUT2D eigenvalue weighted by Gasteiger charge is 2.23. The maximum atomic E-state index is 12.8. The molecule has 1 aliphatic heterocycles. The number of Topliss-reactive ketones (excluding diaryl/α,β-unsaturated/α-hetero) is 2. The number of methoxy groups -OCH3 is 1. The Bertz CT molecular complexity index is 1060. The van der Waals surface area contributed by atoms with Crippen molar-refractivity contribution in [3.05, 3.63) is 47.5 Å². The maximum Gasteiger partial charge on any atom is 0.233 e. The Hall–Kier alpha value is -3.26. The van der Waals surface area contributed by atoms with Crippen LogP contribution in [0.1, 0.15) is 20.7 Å². The molecule has 220 valence electrons. The number of fused-ring (bicyclic) bond motifs is 1. The highest BCUT2D eigenvalue weighted by molar-refractivity contribution is 6.49. The summed E-state index contributed by atoms with van der Waals surface area (Å²) < 4.78 is 48.4. The van der Waals surface area contributed by atoms with Gasteiger partial charge in [0, 0.05) is 11.1 Å². The molecule has 1 heterocycles. The van der Waals surface area contributed by atoms with Gasteiger partial charge in [-0.15, -0.1) is 0 Å². The first-order valence-electron chi connectivity index (χ1n) is 12.9. The Labute approximate surface area is 232 Å². The van der Waals surface area contributed by atoms with Crippen LogP contribution in [0.15, 0.2) is 36.4 Å². The molecule has 0 unspecified atom stereocenters. The third-order valence-corrected chi connectivity index (χ3v) is 5.48. The summed E-state index contributed by atoms with van der Waals surface area (Å²) in [5, 5.41) is 8.59. The number of carbonyl (C=O) groups excluding carboxylic acids is 2. The molecule has 12 nitrogen and oxygen atoms in total. The molecular formula is C28H36O12. The molecule has 0 saturated heterocycles. The summed E-state index contributed by atoms with van der Waals surface area (Å²) in [5.74, 6) is 0.358. The van der Waals surface area contributed by atoms with Crippen LogP contribution in [0, 0.1) is 0 Å². The summed E-state index contributed by atoms with van der Waals surface area (Å²) in [6.07, 6.45) is 0. The third kappa shape index (κ3) is 10.4. The van der Waals surface area contributed by atoms with E-state index in [4.69, 9.17) is 47.7 Å². The van der Waals surface area contributed by atoms with Crippen molar-refractivity contribution in [2.45, 2.75) is 0 Å². The van der Waals surface area contributed by atoms with Gasteiger partial charge in [0.2, 0.25) is 18.4 Å². The van der Waals surface area contributed by atoms with Crippen LogP contribution in [-0.2, 0) is 23.7 Å². The van der Waals surface area contributed by atoms with Gasteiger partial charge in [0.05, 0.1) is 79.8 Å². The van der Waals surface area contributed by atoms with E-state index in [1.807, 2.05) is 0 Å². The molecule has 12 heteroatoms. The van der Waals surface area contributed by atoms with Gasteiger partial charge in [-0.1, -0.05) is 0 Å². The van der Waals surface area contributed by atoms with E-state index < -0.39 is 11.6 Å². The van der Waals surface area contributed by atoms with E-state index in [1.54, 1.807) is 12.1 Å². The summed E-state index contributed by atoms with van der Waals surface area (Å²) in [6.45, 7) is 4.36. The van der Waals surface area contributed by atoms with E-state index in [1.165, 1.54) is 31.4 Å². The first-order chi connectivity index (χ1) is 19.6. The zero-order chi connectivity index (χ0) is 28.4. The number of ether oxygens (including phenoxy) is 9. The number of benzene rings is 2. The number of hydrogen-bond donors (Lipinski definition) is 1. The van der Waals surface area contributed by atoms with Crippen LogP contribution in [0.2, 0.25) is 0 Å². The minimum Gasteiger partial charge on any atom is -0.493 e. The minimum atomic E-state index is -0.680. The molecule has 0 aromatic heterocycles. The summed E-state index contributed by atoms with van der Waals surface area (Å²) in [6, 6.07) is 9.19. The fourth-order valence-corrected chi connectivity index (χ4v) is 3.49. The second-order valence-corrected chi connectivity index (χ2v) is 8.23. The molecule has 2 aromatic carbocycles. The highest BCUT2D eigenvalue weighted by Crippen LogP contribution is 2.33. The summed E-state index contributed by atoms with van der Waals surface area (Å²) >= 11 is 0. The van der Waals surface area contributed by atoms with Crippen molar-refractivity contribution < 1.29 is 57.3 Å². The maximum absolute atomic E-state index is 12.8. The number of rotatable bonds is 22. The normalized spacial score (nSPS) is 11.9. The second-order valence-electron chi connectivity index (χ2n) is 8.23. The molecule has 1 N–H and O–H groups in total. The topological polar surface area (TPSA) is 137 Å². The Kier molecular flexibility index (Phi) is 14.2. The molecule has 0 saturated carbocycles. The standard InChI is InChI=1S/C28H36O12/c1-32-23-4-2-21(27(30)28(31)22-3-5-24-26(19-22)40-20-39-24)18-25(23)38-17-16-37-15-14-36-13-12-35-11-10-34-9-8-33-7-6-29/h2-5,18-19,29H,6-17,20H2,1H3. The number of carbonyl (C=O) groups is 2. The van der Waals surface area contributed by atoms with Crippen molar-refractivity contribution in [2.24, 2.45) is 0 Å². The van der Waals surface area contributed by atoms with Gasteiger partial charge in [0.15, 0.2) is 23.0 Å².